The SMILES string of the molecule is CCC(N)C(c1ccc(Cl)s1)N1CCC2CCC(C1)N2C. The Morgan fingerprint density at radius 3 is 2.76 bits per heavy atom. The first-order valence-electron chi connectivity index (χ1n) is 8.07. The highest BCUT2D eigenvalue weighted by atomic mass is 35.5. The third-order valence-electron chi connectivity index (χ3n) is 5.34. The van der Waals surface area contributed by atoms with E-state index in [1.165, 1.54) is 24.1 Å². The molecule has 3 heterocycles. The standard InChI is InChI=1S/C16H26ClN3S/c1-3-13(18)16(14-6-7-15(17)21-14)20-9-8-11-4-5-12(10-20)19(11)2/h6-7,11-13,16H,3-5,8-10,18H2,1-2H3. The van der Waals surface area contributed by atoms with Crippen LogP contribution in [0.5, 0.6) is 0 Å². The minimum Gasteiger partial charge on any atom is -0.326 e. The molecule has 2 aliphatic rings. The first-order valence-corrected chi connectivity index (χ1v) is 9.26. The molecule has 2 bridgehead atoms. The lowest BCUT2D eigenvalue weighted by molar-refractivity contribution is 0.152. The Kier molecular flexibility index (Phi) is 4.91. The molecule has 2 aliphatic heterocycles. The van der Waals surface area contributed by atoms with E-state index in [2.05, 4.69) is 29.8 Å². The van der Waals surface area contributed by atoms with Crippen molar-refractivity contribution in [3.05, 3.63) is 21.3 Å². The molecule has 4 atom stereocenters. The second-order valence-corrected chi connectivity index (χ2v) is 8.24. The Bertz CT molecular complexity index is 478. The van der Waals surface area contributed by atoms with Crippen LogP contribution in [-0.2, 0) is 0 Å². The van der Waals surface area contributed by atoms with Gasteiger partial charge in [-0.25, -0.2) is 0 Å². The molecule has 5 heteroatoms. The van der Waals surface area contributed by atoms with Gasteiger partial charge >= 0.3 is 0 Å². The first kappa shape index (κ1) is 15.8. The molecule has 0 spiro atoms. The third-order valence-corrected chi connectivity index (χ3v) is 6.64. The van der Waals surface area contributed by atoms with Crippen LogP contribution in [0.4, 0.5) is 0 Å². The van der Waals surface area contributed by atoms with Gasteiger partial charge in [-0.15, -0.1) is 11.3 Å². The number of fused-ring (bicyclic) bond motifs is 2. The predicted octanol–water partition coefficient (Wildman–Crippen LogP) is 3.35. The highest BCUT2D eigenvalue weighted by molar-refractivity contribution is 7.16. The molecular weight excluding hydrogens is 302 g/mol. The summed E-state index contributed by atoms with van der Waals surface area (Å²) in [7, 11) is 2.29. The van der Waals surface area contributed by atoms with Gasteiger partial charge in [0.05, 0.1) is 10.4 Å². The number of likely N-dealkylation sites (N-methyl/N-ethyl adjacent to an activating group) is 1. The van der Waals surface area contributed by atoms with Crippen molar-refractivity contribution >= 4 is 22.9 Å². The van der Waals surface area contributed by atoms with Crippen molar-refractivity contribution in [2.75, 3.05) is 20.1 Å². The van der Waals surface area contributed by atoms with Crippen LogP contribution in [0, 0.1) is 0 Å². The van der Waals surface area contributed by atoms with Crippen LogP contribution in [0.2, 0.25) is 4.34 Å². The maximum atomic E-state index is 6.48. The molecular formula is C16H26ClN3S. The van der Waals surface area contributed by atoms with Crippen molar-refractivity contribution in [3.8, 4) is 0 Å². The summed E-state index contributed by atoms with van der Waals surface area (Å²) in [4.78, 5) is 6.54. The monoisotopic (exact) mass is 327 g/mol. The number of hydrogen-bond acceptors (Lipinski definition) is 4. The molecule has 3 nitrogen and oxygen atoms in total. The fraction of sp³-hybridized carbons (Fsp3) is 0.750. The van der Waals surface area contributed by atoms with E-state index in [0.717, 1.165) is 29.9 Å². The van der Waals surface area contributed by atoms with Gasteiger partial charge in [0.15, 0.2) is 0 Å². The lowest BCUT2D eigenvalue weighted by Gasteiger charge is -2.36. The number of hydrogen-bond donors (Lipinski definition) is 1. The zero-order chi connectivity index (χ0) is 15.0. The molecule has 4 unspecified atom stereocenters. The summed E-state index contributed by atoms with van der Waals surface area (Å²) in [6.45, 7) is 4.48. The van der Waals surface area contributed by atoms with Gasteiger partial charge in [0, 0.05) is 36.1 Å². The van der Waals surface area contributed by atoms with E-state index in [1.54, 1.807) is 11.3 Å². The second kappa shape index (κ2) is 6.55. The smallest absolute Gasteiger partial charge is 0.0931 e. The van der Waals surface area contributed by atoms with E-state index in [9.17, 15) is 0 Å². The van der Waals surface area contributed by atoms with Gasteiger partial charge in [-0.05, 0) is 44.9 Å². The maximum absolute atomic E-state index is 6.48. The Morgan fingerprint density at radius 2 is 2.10 bits per heavy atom. The number of rotatable bonds is 4. The largest absolute Gasteiger partial charge is 0.326 e. The summed E-state index contributed by atoms with van der Waals surface area (Å²) >= 11 is 7.85. The molecule has 21 heavy (non-hydrogen) atoms. The number of nitrogens with two attached hydrogens (primary N) is 1. The van der Waals surface area contributed by atoms with Crippen molar-refractivity contribution < 1.29 is 0 Å². The van der Waals surface area contributed by atoms with Gasteiger partial charge < -0.3 is 5.73 Å². The summed E-state index contributed by atoms with van der Waals surface area (Å²) in [6, 6.07) is 6.14. The topological polar surface area (TPSA) is 32.5 Å². The molecule has 0 aromatic carbocycles. The maximum Gasteiger partial charge on any atom is 0.0931 e. The summed E-state index contributed by atoms with van der Waals surface area (Å²) < 4.78 is 0.867. The summed E-state index contributed by atoms with van der Waals surface area (Å²) in [5, 5.41) is 0. The summed E-state index contributed by atoms with van der Waals surface area (Å²) in [6.07, 6.45) is 4.96. The predicted molar refractivity (Wildman–Crippen MR) is 91.1 cm³/mol. The molecule has 118 valence electrons. The van der Waals surface area contributed by atoms with Crippen LogP contribution in [0.15, 0.2) is 12.1 Å². The molecule has 1 aromatic heterocycles. The van der Waals surface area contributed by atoms with E-state index in [-0.39, 0.29) is 6.04 Å². The second-order valence-electron chi connectivity index (χ2n) is 6.49. The molecule has 2 fully saturated rings. The van der Waals surface area contributed by atoms with E-state index in [1.807, 2.05) is 6.07 Å². The summed E-state index contributed by atoms with van der Waals surface area (Å²) in [5.41, 5.74) is 6.48. The highest BCUT2D eigenvalue weighted by Crippen LogP contribution is 2.37. The van der Waals surface area contributed by atoms with Crippen molar-refractivity contribution in [2.45, 2.75) is 56.8 Å². The van der Waals surface area contributed by atoms with Crippen LogP contribution < -0.4 is 5.73 Å². The average molecular weight is 328 g/mol. The van der Waals surface area contributed by atoms with Gasteiger partial charge in [0.1, 0.15) is 0 Å². The quantitative estimate of drug-likeness (QED) is 0.920. The Labute approximate surface area is 137 Å². The van der Waals surface area contributed by atoms with Gasteiger partial charge in [-0.3, -0.25) is 9.80 Å². The van der Waals surface area contributed by atoms with E-state index in [4.69, 9.17) is 17.3 Å². The number of likely N-dealkylation sites (tertiary alicyclic amines) is 1. The molecule has 0 aliphatic carbocycles. The van der Waals surface area contributed by atoms with Crippen LogP contribution in [0.25, 0.3) is 0 Å². The average Bonchev–Trinajstić information content (AvgIpc) is 2.97. The van der Waals surface area contributed by atoms with Crippen LogP contribution in [0.1, 0.15) is 43.5 Å². The molecule has 3 rings (SSSR count). The number of nitrogens with zero attached hydrogens (tertiary/aromatic N) is 2. The minimum atomic E-state index is 0.182. The third kappa shape index (κ3) is 3.15. The van der Waals surface area contributed by atoms with Gasteiger partial charge in [0.2, 0.25) is 0 Å². The van der Waals surface area contributed by atoms with Crippen LogP contribution in [0.3, 0.4) is 0 Å². The fourth-order valence-corrected chi connectivity index (χ4v) is 5.23. The molecule has 0 amide bonds. The van der Waals surface area contributed by atoms with E-state index in [0.29, 0.717) is 12.1 Å². The zero-order valence-corrected chi connectivity index (χ0v) is 14.5. The van der Waals surface area contributed by atoms with E-state index >= 15 is 0 Å². The minimum absolute atomic E-state index is 0.182. The number of halogens is 1. The fourth-order valence-electron chi connectivity index (χ4n) is 3.96. The molecule has 1 aromatic rings. The zero-order valence-electron chi connectivity index (χ0n) is 13.0. The Morgan fingerprint density at radius 1 is 1.33 bits per heavy atom. The Balaban J connectivity index is 1.83. The van der Waals surface area contributed by atoms with Crippen molar-refractivity contribution in [1.29, 1.82) is 0 Å². The Hall–Kier alpha value is -0.130. The molecule has 2 saturated heterocycles. The molecule has 0 radical (unpaired) electrons. The lowest BCUT2D eigenvalue weighted by Crippen LogP contribution is -2.44. The first-order chi connectivity index (χ1) is 10.1. The van der Waals surface area contributed by atoms with Crippen molar-refractivity contribution in [1.82, 2.24) is 9.80 Å². The lowest BCUT2D eigenvalue weighted by atomic mass is 10.00. The van der Waals surface area contributed by atoms with Gasteiger partial charge in [0.25, 0.3) is 0 Å². The van der Waals surface area contributed by atoms with Crippen molar-refractivity contribution in [3.63, 3.8) is 0 Å². The normalized spacial score (nSPS) is 30.3. The highest BCUT2D eigenvalue weighted by Gasteiger charge is 2.38. The van der Waals surface area contributed by atoms with Crippen molar-refractivity contribution in [2.24, 2.45) is 5.73 Å². The molecule has 2 N–H and O–H groups in total. The molecule has 0 saturated carbocycles. The van der Waals surface area contributed by atoms with Crippen LogP contribution in [-0.4, -0.2) is 48.1 Å². The van der Waals surface area contributed by atoms with Gasteiger partial charge in [-0.2, -0.15) is 0 Å². The summed E-state index contributed by atoms with van der Waals surface area (Å²) in [5.74, 6) is 0. The van der Waals surface area contributed by atoms with Crippen LogP contribution >= 0.6 is 22.9 Å². The van der Waals surface area contributed by atoms with E-state index < -0.39 is 0 Å². The number of thiophene rings is 1. The van der Waals surface area contributed by atoms with Gasteiger partial charge in [-0.1, -0.05) is 18.5 Å².